The van der Waals surface area contributed by atoms with Gasteiger partial charge in [0.1, 0.15) is 5.84 Å². The van der Waals surface area contributed by atoms with E-state index in [0.29, 0.717) is 12.1 Å². The summed E-state index contributed by atoms with van der Waals surface area (Å²) in [4.78, 5) is 6.51. The Balaban J connectivity index is 2.18. The Kier molecular flexibility index (Phi) is 3.29. The van der Waals surface area contributed by atoms with Gasteiger partial charge in [0, 0.05) is 24.7 Å². The fourth-order valence-corrected chi connectivity index (χ4v) is 3.08. The monoisotopic (exact) mass is 284 g/mol. The van der Waals surface area contributed by atoms with Gasteiger partial charge in [-0.25, -0.2) is 0 Å². The van der Waals surface area contributed by atoms with Crippen LogP contribution < -0.4 is 10.6 Å². The number of β-amino-alcohol motifs (C(OH)–C–C–N with tert-alkyl or cyclic N) is 1. The summed E-state index contributed by atoms with van der Waals surface area (Å²) < 4.78 is 0. The van der Waals surface area contributed by atoms with Crippen LogP contribution in [0, 0.1) is 5.41 Å². The van der Waals surface area contributed by atoms with Gasteiger partial charge in [0.2, 0.25) is 0 Å². The zero-order valence-electron chi connectivity index (χ0n) is 12.1. The van der Waals surface area contributed by atoms with Crippen molar-refractivity contribution in [1.29, 1.82) is 5.41 Å². The van der Waals surface area contributed by atoms with Gasteiger partial charge in [-0.1, -0.05) is 18.2 Å². The number of rotatable bonds is 2. The van der Waals surface area contributed by atoms with E-state index in [2.05, 4.69) is 9.88 Å². The Morgan fingerprint density at radius 1 is 1.43 bits per heavy atom. The molecule has 1 unspecified atom stereocenters. The number of nitrogens with two attached hydrogens (primary N) is 1. The molecule has 3 rings (SSSR count). The number of hydrogen-bond donors (Lipinski definition) is 3. The minimum absolute atomic E-state index is 0.00784. The van der Waals surface area contributed by atoms with E-state index in [4.69, 9.17) is 11.1 Å². The molecule has 1 aromatic heterocycles. The largest absolute Gasteiger partial charge is 0.388 e. The zero-order chi connectivity index (χ0) is 15.0. The molecule has 1 aliphatic heterocycles. The highest BCUT2D eigenvalue weighted by atomic mass is 16.3. The van der Waals surface area contributed by atoms with E-state index in [1.807, 2.05) is 31.2 Å². The third-order valence-electron chi connectivity index (χ3n) is 4.03. The molecular formula is C16H20N4O. The third-order valence-corrected chi connectivity index (χ3v) is 4.03. The van der Waals surface area contributed by atoms with Gasteiger partial charge in [0.05, 0.1) is 22.4 Å². The summed E-state index contributed by atoms with van der Waals surface area (Å²) in [6, 6.07) is 7.84. The van der Waals surface area contributed by atoms with Crippen LogP contribution in [0.5, 0.6) is 0 Å². The van der Waals surface area contributed by atoms with Gasteiger partial charge in [-0.2, -0.15) is 0 Å². The molecule has 21 heavy (non-hydrogen) atoms. The number of aromatic nitrogens is 1. The summed E-state index contributed by atoms with van der Waals surface area (Å²) in [7, 11) is 0. The average Bonchev–Trinajstić information content (AvgIpc) is 2.44. The maximum absolute atomic E-state index is 10.4. The number of hydrogen-bond acceptors (Lipinski definition) is 4. The fraction of sp³-hybridized carbons (Fsp3) is 0.375. The smallest absolute Gasteiger partial charge is 0.126 e. The Morgan fingerprint density at radius 3 is 2.90 bits per heavy atom. The van der Waals surface area contributed by atoms with Gasteiger partial charge in [0.25, 0.3) is 0 Å². The minimum Gasteiger partial charge on any atom is -0.388 e. The maximum Gasteiger partial charge on any atom is 0.126 e. The molecule has 110 valence electrons. The van der Waals surface area contributed by atoms with Crippen molar-refractivity contribution >= 4 is 22.4 Å². The molecule has 2 aromatic rings. The van der Waals surface area contributed by atoms with Crippen LogP contribution in [-0.2, 0) is 0 Å². The summed E-state index contributed by atoms with van der Waals surface area (Å²) in [5.74, 6) is 0.00784. The van der Waals surface area contributed by atoms with Crippen molar-refractivity contribution in [3.63, 3.8) is 0 Å². The first kappa shape index (κ1) is 13.8. The Hall–Kier alpha value is -2.14. The van der Waals surface area contributed by atoms with Crippen molar-refractivity contribution in [2.24, 2.45) is 5.73 Å². The molecule has 1 aliphatic rings. The molecule has 0 amide bonds. The molecule has 0 saturated carbocycles. The van der Waals surface area contributed by atoms with Crippen LogP contribution in [0.15, 0.2) is 30.5 Å². The van der Waals surface area contributed by atoms with Gasteiger partial charge in [0.15, 0.2) is 0 Å². The van der Waals surface area contributed by atoms with Crippen molar-refractivity contribution < 1.29 is 5.11 Å². The normalized spacial score (nSPS) is 22.5. The number of pyridine rings is 1. The lowest BCUT2D eigenvalue weighted by atomic mass is 9.93. The van der Waals surface area contributed by atoms with E-state index < -0.39 is 5.60 Å². The molecule has 0 bridgehead atoms. The quantitative estimate of drug-likeness (QED) is 0.580. The number of aliphatic hydroxyl groups is 1. The van der Waals surface area contributed by atoms with Crippen molar-refractivity contribution in [3.05, 3.63) is 36.0 Å². The fourth-order valence-electron chi connectivity index (χ4n) is 3.08. The number of nitrogens with one attached hydrogen (secondary N) is 1. The lowest BCUT2D eigenvalue weighted by molar-refractivity contribution is 0.0450. The predicted octanol–water partition coefficient (Wildman–Crippen LogP) is 1.87. The zero-order valence-corrected chi connectivity index (χ0v) is 12.1. The molecule has 1 fully saturated rings. The summed E-state index contributed by atoms with van der Waals surface area (Å²) in [6.45, 7) is 3.25. The highest BCUT2D eigenvalue weighted by molar-refractivity contribution is 6.07. The number of nitrogen functional groups attached to an aromatic ring is 1. The summed E-state index contributed by atoms with van der Waals surface area (Å²) >= 11 is 0. The topological polar surface area (TPSA) is 86.2 Å². The lowest BCUT2D eigenvalue weighted by Crippen LogP contribution is -2.46. The highest BCUT2D eigenvalue weighted by Crippen LogP contribution is 2.33. The Labute approximate surface area is 123 Å². The van der Waals surface area contributed by atoms with E-state index in [-0.39, 0.29) is 5.84 Å². The first-order valence-electron chi connectivity index (χ1n) is 7.17. The predicted molar refractivity (Wildman–Crippen MR) is 84.8 cm³/mol. The first-order chi connectivity index (χ1) is 9.98. The molecular weight excluding hydrogens is 264 g/mol. The van der Waals surface area contributed by atoms with Crippen LogP contribution in [-0.4, -0.2) is 34.6 Å². The van der Waals surface area contributed by atoms with Gasteiger partial charge < -0.3 is 15.7 Å². The van der Waals surface area contributed by atoms with Crippen LogP contribution in [0.3, 0.4) is 0 Å². The number of para-hydroxylation sites is 1. The highest BCUT2D eigenvalue weighted by Gasteiger charge is 2.30. The van der Waals surface area contributed by atoms with E-state index in [1.54, 1.807) is 6.20 Å². The number of anilines is 1. The number of piperidine rings is 1. The van der Waals surface area contributed by atoms with Gasteiger partial charge in [-0.05, 0) is 25.8 Å². The second-order valence-electron chi connectivity index (χ2n) is 5.97. The van der Waals surface area contributed by atoms with E-state index >= 15 is 0 Å². The van der Waals surface area contributed by atoms with Crippen LogP contribution in [0.4, 0.5) is 5.69 Å². The average molecular weight is 284 g/mol. The van der Waals surface area contributed by atoms with Crippen LogP contribution >= 0.6 is 0 Å². The number of fused-ring (bicyclic) bond motifs is 1. The standard InChI is InChI=1S/C16H20N4O/c1-16(21)7-4-8-20(10-16)14-11-5-2-3-6-13(11)19-9-12(14)15(17)18/h2-3,5-6,9,21H,4,7-8,10H2,1H3,(H3,17,18). The molecule has 1 atom stereocenters. The van der Waals surface area contributed by atoms with E-state index in [1.165, 1.54) is 0 Å². The van der Waals surface area contributed by atoms with Gasteiger partial charge in [-0.3, -0.25) is 10.4 Å². The SMILES string of the molecule is CC1(O)CCCN(c2c(C(=N)N)cnc3ccccc23)C1. The molecule has 4 N–H and O–H groups in total. The molecule has 0 spiro atoms. The maximum atomic E-state index is 10.4. The lowest BCUT2D eigenvalue weighted by Gasteiger charge is -2.39. The van der Waals surface area contributed by atoms with Gasteiger partial charge in [-0.15, -0.1) is 0 Å². The third kappa shape index (κ3) is 2.56. The van der Waals surface area contributed by atoms with Crippen LogP contribution in [0.1, 0.15) is 25.3 Å². The molecule has 2 heterocycles. The van der Waals surface area contributed by atoms with Gasteiger partial charge >= 0.3 is 0 Å². The van der Waals surface area contributed by atoms with Crippen molar-refractivity contribution in [2.75, 3.05) is 18.0 Å². The van der Waals surface area contributed by atoms with Crippen LogP contribution in [0.2, 0.25) is 0 Å². The van der Waals surface area contributed by atoms with E-state index in [0.717, 1.165) is 36.0 Å². The molecule has 0 aliphatic carbocycles. The van der Waals surface area contributed by atoms with Crippen LogP contribution in [0.25, 0.3) is 10.9 Å². The molecule has 0 radical (unpaired) electrons. The summed E-state index contributed by atoms with van der Waals surface area (Å²) in [5.41, 5.74) is 7.44. The molecule has 1 saturated heterocycles. The Bertz CT molecular complexity index is 696. The Morgan fingerprint density at radius 2 is 2.19 bits per heavy atom. The van der Waals surface area contributed by atoms with Crippen molar-refractivity contribution in [1.82, 2.24) is 4.98 Å². The molecule has 1 aromatic carbocycles. The number of amidine groups is 1. The van der Waals surface area contributed by atoms with Crippen molar-refractivity contribution in [2.45, 2.75) is 25.4 Å². The summed E-state index contributed by atoms with van der Waals surface area (Å²) in [6.07, 6.45) is 3.37. The number of benzene rings is 1. The molecule has 5 heteroatoms. The molecule has 5 nitrogen and oxygen atoms in total. The minimum atomic E-state index is -0.712. The summed E-state index contributed by atoms with van der Waals surface area (Å²) in [5, 5.41) is 19.2. The second-order valence-corrected chi connectivity index (χ2v) is 5.97. The van der Waals surface area contributed by atoms with Crippen molar-refractivity contribution in [3.8, 4) is 0 Å². The first-order valence-corrected chi connectivity index (χ1v) is 7.17. The number of nitrogens with zero attached hydrogens (tertiary/aromatic N) is 2. The van der Waals surface area contributed by atoms with E-state index in [9.17, 15) is 5.11 Å². The second kappa shape index (κ2) is 5.00.